The number of aryl methyl sites for hydroxylation is 1. The van der Waals surface area contributed by atoms with Crippen molar-refractivity contribution in [3.63, 3.8) is 0 Å². The number of hydrogen-bond donors (Lipinski definition) is 1. The standard InChI is InChI=1S/C26H33N3O5S/c1-19-5-10-23(35(32,33)27-21-6-8-22(34-2)9-7-21)18-24(19)26(31)29-15-11-20(12-16-29)17-25(30)28-13-3-4-14-28/h5-10,18,20,27H,3-4,11-17H2,1-2H3. The zero-order valence-corrected chi connectivity index (χ0v) is 21.1. The molecule has 1 N–H and O–H groups in total. The number of nitrogens with zero attached hydrogens (tertiary/aromatic N) is 2. The van der Waals surface area contributed by atoms with E-state index in [1.165, 1.54) is 12.1 Å². The fourth-order valence-corrected chi connectivity index (χ4v) is 5.81. The summed E-state index contributed by atoms with van der Waals surface area (Å²) in [7, 11) is -2.33. The Labute approximate surface area is 207 Å². The summed E-state index contributed by atoms with van der Waals surface area (Å²) < 4.78 is 33.6. The lowest BCUT2D eigenvalue weighted by Crippen LogP contribution is -2.40. The predicted molar refractivity (Wildman–Crippen MR) is 134 cm³/mol. The van der Waals surface area contributed by atoms with Gasteiger partial charge in [-0.05, 0) is 80.5 Å². The van der Waals surface area contributed by atoms with E-state index < -0.39 is 10.0 Å². The normalized spacial score (nSPS) is 16.9. The van der Waals surface area contributed by atoms with Gasteiger partial charge in [0, 0.05) is 43.9 Å². The molecule has 9 heteroatoms. The molecule has 0 atom stereocenters. The van der Waals surface area contributed by atoms with Crippen molar-refractivity contribution < 1.29 is 22.7 Å². The third-order valence-electron chi connectivity index (χ3n) is 6.92. The molecule has 2 heterocycles. The summed E-state index contributed by atoms with van der Waals surface area (Å²) in [6.07, 6.45) is 4.28. The first-order valence-electron chi connectivity index (χ1n) is 12.1. The molecule has 2 aliphatic heterocycles. The second-order valence-electron chi connectivity index (χ2n) is 9.34. The van der Waals surface area contributed by atoms with Crippen LogP contribution in [0.2, 0.25) is 0 Å². The molecule has 0 aliphatic carbocycles. The van der Waals surface area contributed by atoms with Gasteiger partial charge < -0.3 is 14.5 Å². The number of carbonyl (C=O) groups is 2. The molecule has 0 radical (unpaired) electrons. The SMILES string of the molecule is COc1ccc(NS(=O)(=O)c2ccc(C)c(C(=O)N3CCC(CC(=O)N4CCCC4)CC3)c2)cc1. The summed E-state index contributed by atoms with van der Waals surface area (Å²) in [6, 6.07) is 11.2. The average Bonchev–Trinajstić information content (AvgIpc) is 3.40. The molecule has 2 amide bonds. The maximum Gasteiger partial charge on any atom is 0.261 e. The van der Waals surface area contributed by atoms with Crippen LogP contribution in [0, 0.1) is 12.8 Å². The van der Waals surface area contributed by atoms with E-state index in [0.29, 0.717) is 36.5 Å². The quantitative estimate of drug-likeness (QED) is 0.627. The number of likely N-dealkylation sites (tertiary alicyclic amines) is 2. The molecule has 0 bridgehead atoms. The third kappa shape index (κ3) is 5.96. The largest absolute Gasteiger partial charge is 0.497 e. The second-order valence-corrected chi connectivity index (χ2v) is 11.0. The molecule has 0 aromatic heterocycles. The van der Waals surface area contributed by atoms with Crippen LogP contribution in [0.1, 0.15) is 48.0 Å². The molecule has 2 aromatic rings. The maximum atomic E-state index is 13.3. The number of rotatable bonds is 7. The Balaban J connectivity index is 1.40. The topological polar surface area (TPSA) is 96.0 Å². The van der Waals surface area contributed by atoms with Crippen LogP contribution in [0.5, 0.6) is 5.75 Å². The van der Waals surface area contributed by atoms with Gasteiger partial charge in [-0.15, -0.1) is 0 Å². The molecule has 35 heavy (non-hydrogen) atoms. The molecule has 2 aromatic carbocycles. The van der Waals surface area contributed by atoms with Gasteiger partial charge in [-0.1, -0.05) is 6.07 Å². The van der Waals surface area contributed by atoms with Crippen molar-refractivity contribution in [2.45, 2.75) is 43.9 Å². The van der Waals surface area contributed by atoms with Crippen molar-refractivity contribution in [2.75, 3.05) is 38.0 Å². The number of methoxy groups -OCH3 is 1. The second kappa shape index (κ2) is 10.7. The van der Waals surface area contributed by atoms with E-state index in [1.54, 1.807) is 42.3 Å². The van der Waals surface area contributed by atoms with Crippen LogP contribution in [0.4, 0.5) is 5.69 Å². The number of hydrogen-bond acceptors (Lipinski definition) is 5. The molecule has 0 unspecified atom stereocenters. The predicted octanol–water partition coefficient (Wildman–Crippen LogP) is 3.67. The smallest absolute Gasteiger partial charge is 0.261 e. The van der Waals surface area contributed by atoms with Gasteiger partial charge in [0.25, 0.3) is 15.9 Å². The van der Waals surface area contributed by atoms with E-state index in [1.807, 2.05) is 11.8 Å². The minimum absolute atomic E-state index is 0.0355. The van der Waals surface area contributed by atoms with Gasteiger partial charge in [-0.3, -0.25) is 14.3 Å². The fourth-order valence-electron chi connectivity index (χ4n) is 4.72. The van der Waals surface area contributed by atoms with E-state index >= 15 is 0 Å². The Hall–Kier alpha value is -3.07. The molecule has 2 saturated heterocycles. The lowest BCUT2D eigenvalue weighted by Gasteiger charge is -2.33. The summed E-state index contributed by atoms with van der Waals surface area (Å²) >= 11 is 0. The molecule has 0 saturated carbocycles. The minimum atomic E-state index is -3.87. The highest BCUT2D eigenvalue weighted by Gasteiger charge is 2.28. The van der Waals surface area contributed by atoms with Gasteiger partial charge in [-0.25, -0.2) is 8.42 Å². The van der Waals surface area contributed by atoms with E-state index in [-0.39, 0.29) is 22.6 Å². The Kier molecular flexibility index (Phi) is 7.64. The van der Waals surface area contributed by atoms with E-state index in [4.69, 9.17) is 4.74 Å². The summed E-state index contributed by atoms with van der Waals surface area (Å²) in [4.78, 5) is 29.5. The Bertz CT molecular complexity index is 1170. The highest BCUT2D eigenvalue weighted by Crippen LogP contribution is 2.26. The van der Waals surface area contributed by atoms with Gasteiger partial charge in [0.15, 0.2) is 0 Å². The van der Waals surface area contributed by atoms with E-state index in [2.05, 4.69) is 4.72 Å². The van der Waals surface area contributed by atoms with Gasteiger partial charge in [-0.2, -0.15) is 0 Å². The highest BCUT2D eigenvalue weighted by atomic mass is 32.2. The first-order chi connectivity index (χ1) is 16.8. The lowest BCUT2D eigenvalue weighted by molar-refractivity contribution is -0.131. The third-order valence-corrected chi connectivity index (χ3v) is 8.29. The lowest BCUT2D eigenvalue weighted by atomic mass is 9.92. The number of amides is 2. The summed E-state index contributed by atoms with van der Waals surface area (Å²) in [6.45, 7) is 4.67. The van der Waals surface area contributed by atoms with E-state index in [0.717, 1.165) is 44.3 Å². The van der Waals surface area contributed by atoms with Crippen molar-refractivity contribution in [1.29, 1.82) is 0 Å². The van der Waals surface area contributed by atoms with Gasteiger partial charge >= 0.3 is 0 Å². The van der Waals surface area contributed by atoms with Crippen molar-refractivity contribution in [1.82, 2.24) is 9.80 Å². The molecule has 2 aliphatic rings. The fraction of sp³-hybridized carbons (Fsp3) is 0.462. The van der Waals surface area contributed by atoms with Gasteiger partial charge in [0.1, 0.15) is 5.75 Å². The zero-order chi connectivity index (χ0) is 25.0. The van der Waals surface area contributed by atoms with Crippen molar-refractivity contribution in [3.8, 4) is 5.75 Å². The number of sulfonamides is 1. The van der Waals surface area contributed by atoms with Gasteiger partial charge in [0.05, 0.1) is 12.0 Å². The van der Waals surface area contributed by atoms with Crippen LogP contribution in [0.25, 0.3) is 0 Å². The number of piperidine rings is 1. The first kappa shape index (κ1) is 25.0. The average molecular weight is 500 g/mol. The van der Waals surface area contributed by atoms with Crippen LogP contribution in [-0.4, -0.2) is 63.3 Å². The number of nitrogens with one attached hydrogen (secondary N) is 1. The molecule has 0 spiro atoms. The van der Waals surface area contributed by atoms with Crippen LogP contribution < -0.4 is 9.46 Å². The highest BCUT2D eigenvalue weighted by molar-refractivity contribution is 7.92. The van der Waals surface area contributed by atoms with Crippen LogP contribution in [0.3, 0.4) is 0 Å². The summed E-state index contributed by atoms with van der Waals surface area (Å²) in [5, 5.41) is 0. The van der Waals surface area contributed by atoms with Crippen LogP contribution in [-0.2, 0) is 14.8 Å². The summed E-state index contributed by atoms with van der Waals surface area (Å²) in [5.41, 5.74) is 1.52. The molecule has 188 valence electrons. The number of ether oxygens (including phenoxy) is 1. The molecule has 2 fully saturated rings. The molecular weight excluding hydrogens is 466 g/mol. The Morgan fingerprint density at radius 2 is 1.63 bits per heavy atom. The Morgan fingerprint density at radius 3 is 2.26 bits per heavy atom. The monoisotopic (exact) mass is 499 g/mol. The van der Waals surface area contributed by atoms with Gasteiger partial charge in [0.2, 0.25) is 5.91 Å². The van der Waals surface area contributed by atoms with Crippen molar-refractivity contribution >= 4 is 27.5 Å². The minimum Gasteiger partial charge on any atom is -0.497 e. The number of carbonyl (C=O) groups excluding carboxylic acids is 2. The van der Waals surface area contributed by atoms with E-state index in [9.17, 15) is 18.0 Å². The zero-order valence-electron chi connectivity index (χ0n) is 20.3. The Morgan fingerprint density at radius 1 is 0.971 bits per heavy atom. The van der Waals surface area contributed by atoms with Crippen molar-refractivity contribution in [2.24, 2.45) is 5.92 Å². The molecular formula is C26H33N3O5S. The maximum absolute atomic E-state index is 13.3. The number of anilines is 1. The molecule has 4 rings (SSSR count). The molecule has 8 nitrogen and oxygen atoms in total. The van der Waals surface area contributed by atoms with Crippen LogP contribution in [0.15, 0.2) is 47.4 Å². The van der Waals surface area contributed by atoms with Crippen molar-refractivity contribution in [3.05, 3.63) is 53.6 Å². The first-order valence-corrected chi connectivity index (χ1v) is 13.6. The summed E-state index contributed by atoms with van der Waals surface area (Å²) in [5.74, 6) is 0.965. The number of benzene rings is 2. The van der Waals surface area contributed by atoms with Crippen LogP contribution >= 0.6 is 0 Å².